The maximum atomic E-state index is 13.4. The topological polar surface area (TPSA) is 106 Å². The van der Waals surface area contributed by atoms with Crippen LogP contribution in [0.4, 0.5) is 4.39 Å². The van der Waals surface area contributed by atoms with Gasteiger partial charge in [-0.2, -0.15) is 11.8 Å². The van der Waals surface area contributed by atoms with Gasteiger partial charge in [-0.3, -0.25) is 4.79 Å². The highest BCUT2D eigenvalue weighted by Crippen LogP contribution is 2.25. The van der Waals surface area contributed by atoms with Crippen LogP contribution < -0.4 is 10.1 Å². The Morgan fingerprint density at radius 2 is 1.98 bits per heavy atom. The van der Waals surface area contributed by atoms with E-state index >= 15 is 0 Å². The molecule has 11 heteroatoms. The van der Waals surface area contributed by atoms with Crippen LogP contribution in [0, 0.1) is 12.7 Å². The van der Waals surface area contributed by atoms with Crippen LogP contribution in [0.15, 0.2) is 66.6 Å². The Labute approximate surface area is 240 Å². The van der Waals surface area contributed by atoms with Gasteiger partial charge in [-0.25, -0.2) is 19.2 Å². The number of carbonyl (C=O) groups excluding carboxylic acids is 1. The number of nitrogens with zero attached hydrogens (tertiary/aromatic N) is 3. The Hall–Kier alpha value is -3.70. The first-order valence-electron chi connectivity index (χ1n) is 12.8. The zero-order valence-electron chi connectivity index (χ0n) is 22.2. The number of halogens is 1. The molecule has 0 bridgehead atoms. The molecule has 0 saturated carbocycles. The molecular weight excluding hydrogens is 551 g/mol. The minimum atomic E-state index is -1.08. The fourth-order valence-corrected chi connectivity index (χ4v) is 5.40. The summed E-state index contributed by atoms with van der Waals surface area (Å²) in [5, 5.41) is 15.1. The molecule has 2 aromatic heterocycles. The average Bonchev–Trinajstić information content (AvgIpc) is 3.63. The summed E-state index contributed by atoms with van der Waals surface area (Å²) in [6.07, 6.45) is 8.69. The number of rotatable bonds is 14. The molecule has 2 aromatic carbocycles. The number of carboxylic acid groups (broad SMARTS) is 1. The monoisotopic (exact) mass is 582 g/mol. The number of amides is 1. The van der Waals surface area contributed by atoms with Gasteiger partial charge in [-0.15, -0.1) is 11.3 Å². The van der Waals surface area contributed by atoms with Crippen molar-refractivity contribution in [3.63, 3.8) is 0 Å². The van der Waals surface area contributed by atoms with Gasteiger partial charge in [0, 0.05) is 23.3 Å². The largest absolute Gasteiger partial charge is 0.491 e. The Morgan fingerprint density at radius 1 is 1.18 bits per heavy atom. The highest BCUT2D eigenvalue weighted by molar-refractivity contribution is 7.98. The molecule has 0 aliphatic heterocycles. The van der Waals surface area contributed by atoms with Crippen LogP contribution in [0.5, 0.6) is 5.75 Å². The van der Waals surface area contributed by atoms with Gasteiger partial charge in [0.2, 0.25) is 0 Å². The smallest absolute Gasteiger partial charge is 0.326 e. The number of aliphatic carboxylic acids is 1. The molecule has 2 heterocycles. The van der Waals surface area contributed by atoms with Crippen molar-refractivity contribution in [3.05, 3.63) is 99.8 Å². The zero-order chi connectivity index (χ0) is 28.5. The van der Waals surface area contributed by atoms with Crippen molar-refractivity contribution >= 4 is 35.0 Å². The number of benzene rings is 2. The number of aromatic nitrogens is 3. The summed E-state index contributed by atoms with van der Waals surface area (Å²) < 4.78 is 21.5. The van der Waals surface area contributed by atoms with E-state index < -0.39 is 17.9 Å². The summed E-state index contributed by atoms with van der Waals surface area (Å²) in [6.45, 7) is 2.17. The second kappa shape index (κ2) is 14.1. The lowest BCUT2D eigenvalue weighted by Gasteiger charge is -2.19. The number of aryl methyl sites for hydroxylation is 3. The van der Waals surface area contributed by atoms with Gasteiger partial charge in [-0.1, -0.05) is 18.2 Å². The van der Waals surface area contributed by atoms with Crippen LogP contribution in [-0.2, 0) is 17.6 Å². The van der Waals surface area contributed by atoms with Crippen molar-refractivity contribution in [2.45, 2.75) is 38.3 Å². The Morgan fingerprint density at radius 3 is 2.62 bits per heavy atom. The summed E-state index contributed by atoms with van der Waals surface area (Å²) >= 11 is 3.04. The molecule has 0 spiro atoms. The van der Waals surface area contributed by atoms with Crippen LogP contribution in [-0.4, -0.2) is 56.2 Å². The zero-order valence-corrected chi connectivity index (χ0v) is 23.9. The third kappa shape index (κ3) is 7.92. The lowest BCUT2D eigenvalue weighted by Crippen LogP contribution is -2.41. The second-order valence-electron chi connectivity index (χ2n) is 9.25. The lowest BCUT2D eigenvalue weighted by atomic mass is 9.98. The summed E-state index contributed by atoms with van der Waals surface area (Å²) in [5.41, 5.74) is 2.89. The van der Waals surface area contributed by atoms with Gasteiger partial charge in [0.15, 0.2) is 0 Å². The fraction of sp³-hybridized carbons (Fsp3) is 0.310. The quantitative estimate of drug-likeness (QED) is 0.211. The number of ether oxygens (including phenoxy) is 1. The van der Waals surface area contributed by atoms with Crippen LogP contribution >= 0.6 is 23.1 Å². The Balaban J connectivity index is 1.57. The predicted molar refractivity (Wildman–Crippen MR) is 155 cm³/mol. The number of hydrogen-bond donors (Lipinski definition) is 2. The minimum Gasteiger partial charge on any atom is -0.491 e. The van der Waals surface area contributed by atoms with Gasteiger partial charge < -0.3 is 19.7 Å². The summed E-state index contributed by atoms with van der Waals surface area (Å²) in [7, 11) is 0. The van der Waals surface area contributed by atoms with E-state index in [4.69, 9.17) is 4.74 Å². The maximum absolute atomic E-state index is 13.4. The number of nitrogens with one attached hydrogen (secondary N) is 1. The molecule has 0 aliphatic rings. The van der Waals surface area contributed by atoms with Crippen molar-refractivity contribution in [2.75, 3.05) is 18.6 Å². The normalized spacial score (nSPS) is 12.6. The lowest BCUT2D eigenvalue weighted by molar-refractivity contribution is -0.139. The van der Waals surface area contributed by atoms with Crippen LogP contribution in [0.3, 0.4) is 0 Å². The van der Waals surface area contributed by atoms with Crippen molar-refractivity contribution in [2.24, 2.45) is 0 Å². The number of carbonyl (C=O) groups is 2. The van der Waals surface area contributed by atoms with E-state index in [9.17, 15) is 19.1 Å². The first kappa shape index (κ1) is 29.3. The first-order chi connectivity index (χ1) is 19.3. The SMILES string of the molecule is CSCC[C@H](NC(=O)c1cc(OCC(c2nccs2)n2cnc(C)c2)ccc1CCc1ccc(F)cc1)C(=O)O. The highest BCUT2D eigenvalue weighted by Gasteiger charge is 2.23. The molecule has 210 valence electrons. The molecule has 1 unspecified atom stereocenters. The number of carboxylic acids is 1. The Kier molecular flexibility index (Phi) is 10.3. The summed E-state index contributed by atoms with van der Waals surface area (Å²) in [5.74, 6) is -0.787. The number of thioether (sulfide) groups is 1. The van der Waals surface area contributed by atoms with Crippen molar-refractivity contribution in [1.29, 1.82) is 0 Å². The first-order valence-corrected chi connectivity index (χ1v) is 15.0. The molecule has 2 atom stereocenters. The van der Waals surface area contributed by atoms with Crippen LogP contribution in [0.2, 0.25) is 0 Å². The fourth-order valence-electron chi connectivity index (χ4n) is 4.20. The molecule has 0 fully saturated rings. The average molecular weight is 583 g/mol. The Bertz CT molecular complexity index is 1410. The second-order valence-corrected chi connectivity index (χ2v) is 11.2. The molecule has 4 aromatic rings. The minimum absolute atomic E-state index is 0.209. The van der Waals surface area contributed by atoms with E-state index in [1.165, 1.54) is 35.2 Å². The maximum Gasteiger partial charge on any atom is 0.326 e. The van der Waals surface area contributed by atoms with E-state index in [2.05, 4.69) is 15.3 Å². The van der Waals surface area contributed by atoms with E-state index in [-0.39, 0.29) is 18.5 Å². The molecule has 0 aliphatic carbocycles. The van der Waals surface area contributed by atoms with Gasteiger partial charge in [0.05, 0.1) is 12.0 Å². The van der Waals surface area contributed by atoms with E-state index in [1.54, 1.807) is 36.8 Å². The molecule has 0 radical (unpaired) electrons. The molecule has 0 saturated heterocycles. The van der Waals surface area contributed by atoms with Crippen molar-refractivity contribution < 1.29 is 23.8 Å². The van der Waals surface area contributed by atoms with E-state index in [1.807, 2.05) is 35.4 Å². The number of imidazole rings is 1. The van der Waals surface area contributed by atoms with Gasteiger partial charge in [-0.05, 0) is 73.6 Å². The van der Waals surface area contributed by atoms with Gasteiger partial charge in [0.25, 0.3) is 5.91 Å². The molecule has 2 N–H and O–H groups in total. The summed E-state index contributed by atoms with van der Waals surface area (Å²) in [6, 6.07) is 10.3. The number of thiazole rings is 1. The molecule has 1 amide bonds. The molecule has 8 nitrogen and oxygen atoms in total. The van der Waals surface area contributed by atoms with Crippen LogP contribution in [0.25, 0.3) is 0 Å². The van der Waals surface area contributed by atoms with E-state index in [0.29, 0.717) is 36.3 Å². The molecule has 40 heavy (non-hydrogen) atoms. The highest BCUT2D eigenvalue weighted by atomic mass is 32.2. The third-order valence-corrected chi connectivity index (χ3v) is 7.89. The van der Waals surface area contributed by atoms with Gasteiger partial charge >= 0.3 is 5.97 Å². The summed E-state index contributed by atoms with van der Waals surface area (Å²) in [4.78, 5) is 34.0. The van der Waals surface area contributed by atoms with Gasteiger partial charge in [0.1, 0.15) is 35.3 Å². The van der Waals surface area contributed by atoms with Crippen LogP contribution in [0.1, 0.15) is 44.6 Å². The molecule has 4 rings (SSSR count). The molecular formula is C29H31FN4O4S2. The van der Waals surface area contributed by atoms with Crippen molar-refractivity contribution in [3.8, 4) is 5.75 Å². The van der Waals surface area contributed by atoms with E-state index in [0.717, 1.165) is 21.8 Å². The van der Waals surface area contributed by atoms with Crippen molar-refractivity contribution in [1.82, 2.24) is 19.9 Å². The number of hydrogen-bond acceptors (Lipinski definition) is 7. The predicted octanol–water partition coefficient (Wildman–Crippen LogP) is 5.18. The third-order valence-electron chi connectivity index (χ3n) is 6.37. The standard InChI is InChI=1S/C29H31FN4O4S2/c1-19-16-34(18-32-19)26(28-31-12-14-40-28)17-38-23-10-7-21(6-3-20-4-8-22(30)9-5-20)24(15-23)27(35)33-25(29(36)37)11-13-39-2/h4-5,7-10,12,14-16,18,25-26H,3,6,11,13,17H2,1-2H3,(H,33,35)(H,36,37)/t25-,26?/m0/s1.